The Bertz CT molecular complexity index is 985. The van der Waals surface area contributed by atoms with Crippen molar-refractivity contribution in [2.24, 2.45) is 0 Å². The van der Waals surface area contributed by atoms with Gasteiger partial charge in [0.1, 0.15) is 0 Å². The number of fused-ring (bicyclic) bond motifs is 1. The molecule has 0 unspecified atom stereocenters. The Kier molecular flexibility index (Phi) is 5.65. The van der Waals surface area contributed by atoms with Crippen molar-refractivity contribution in [1.82, 2.24) is 9.90 Å². The first-order valence-corrected chi connectivity index (χ1v) is 10.9. The summed E-state index contributed by atoms with van der Waals surface area (Å²) in [6.45, 7) is 2.24. The van der Waals surface area contributed by atoms with E-state index < -0.39 is 5.91 Å². The normalized spacial score (nSPS) is 16.2. The highest BCUT2D eigenvalue weighted by molar-refractivity contribution is 5.95. The van der Waals surface area contributed by atoms with E-state index in [-0.39, 0.29) is 5.41 Å². The maximum Gasteiger partial charge on any atom is 0.337 e. The molecule has 1 aromatic heterocycles. The molecule has 0 bridgehead atoms. The lowest BCUT2D eigenvalue weighted by molar-refractivity contribution is -0.661. The average molecular weight is 392 g/mol. The van der Waals surface area contributed by atoms with Gasteiger partial charge in [0.2, 0.25) is 11.0 Å². The second-order valence-corrected chi connectivity index (χ2v) is 8.33. The summed E-state index contributed by atoms with van der Waals surface area (Å²) in [6, 6.07) is 14.9. The van der Waals surface area contributed by atoms with Crippen molar-refractivity contribution in [2.45, 2.75) is 70.1 Å². The molecule has 1 saturated carbocycles. The minimum Gasteiger partial charge on any atom is -0.692 e. The van der Waals surface area contributed by atoms with E-state index in [1.807, 2.05) is 12.1 Å². The molecule has 1 aliphatic rings. The molecule has 0 aliphatic heterocycles. The largest absolute Gasteiger partial charge is 0.692 e. The Balaban J connectivity index is 1.60. The zero-order valence-electron chi connectivity index (χ0n) is 17.1. The number of para-hydroxylation sites is 1. The minimum absolute atomic E-state index is 0.244. The van der Waals surface area contributed by atoms with Crippen LogP contribution in [0.5, 0.6) is 0 Å². The lowest BCUT2D eigenvalue weighted by atomic mass is 9.66. The number of carbonyl (C=O) groups excluding carboxylic acids is 1. The summed E-state index contributed by atoms with van der Waals surface area (Å²) in [5.41, 5.74) is 2.99. The van der Waals surface area contributed by atoms with Gasteiger partial charge in [-0.05, 0) is 54.5 Å². The van der Waals surface area contributed by atoms with E-state index in [1.54, 1.807) is 24.3 Å². The van der Waals surface area contributed by atoms with Gasteiger partial charge in [0.15, 0.2) is 0 Å². The molecule has 3 aromatic rings. The molecule has 0 spiro atoms. The van der Waals surface area contributed by atoms with Gasteiger partial charge in [0, 0.05) is 10.4 Å². The van der Waals surface area contributed by atoms with Crippen molar-refractivity contribution in [2.75, 3.05) is 0 Å². The van der Waals surface area contributed by atoms with Crippen LogP contribution in [0.3, 0.4) is 0 Å². The van der Waals surface area contributed by atoms with Crippen LogP contribution in [0.15, 0.2) is 48.5 Å². The van der Waals surface area contributed by atoms with Crippen molar-refractivity contribution in [3.63, 3.8) is 0 Å². The Labute approximate surface area is 171 Å². The molecule has 0 radical (unpaired) electrons. The highest BCUT2D eigenvalue weighted by Crippen LogP contribution is 2.43. The summed E-state index contributed by atoms with van der Waals surface area (Å²) in [4.78, 5) is 14.4. The quantitative estimate of drug-likeness (QED) is 0.332. The fraction of sp³-hybridized carbons (Fsp3) is 0.458. The zero-order chi connectivity index (χ0) is 20.3. The molecule has 5 nitrogen and oxygen atoms in total. The highest BCUT2D eigenvalue weighted by atomic mass is 16.5. The predicted octanol–water partition coefficient (Wildman–Crippen LogP) is 5.14. The maximum atomic E-state index is 12.9. The van der Waals surface area contributed by atoms with Gasteiger partial charge in [-0.25, -0.2) is 0 Å². The molecular formula is C24H29N3O2. The second kappa shape index (κ2) is 8.36. The monoisotopic (exact) mass is 391 g/mol. The topological polar surface area (TPSA) is 61.8 Å². The third-order valence-corrected chi connectivity index (χ3v) is 6.46. The van der Waals surface area contributed by atoms with Crippen molar-refractivity contribution < 1.29 is 9.64 Å². The molecule has 4 rings (SSSR count). The molecule has 0 atom stereocenters. The van der Waals surface area contributed by atoms with Crippen LogP contribution in [0.1, 0.15) is 80.6 Å². The second-order valence-electron chi connectivity index (χ2n) is 8.33. The summed E-state index contributed by atoms with van der Waals surface area (Å²) < 4.78 is 0. The SMILES string of the molecule is CCCCCC1(c2ccc(C(=O)n3nc4ccccc4[n+]3[O-])cc2)CCCCC1. The lowest BCUT2D eigenvalue weighted by Gasteiger charge is -2.38. The number of carbonyl (C=O) groups is 1. The standard InChI is InChI=1S/C24H29N3O2/c1-2-3-7-16-24(17-8-4-9-18-24)20-14-12-19(13-15-20)23(28)26-25-21-10-5-6-11-22(21)27(26)29/h5-6,10-15H,2-4,7-9,16-18H2,1H3. The molecule has 1 heterocycles. The molecule has 0 saturated heterocycles. The van der Waals surface area contributed by atoms with Crippen LogP contribution < -0.4 is 4.85 Å². The molecule has 0 amide bonds. The van der Waals surface area contributed by atoms with Crippen LogP contribution in [-0.4, -0.2) is 15.8 Å². The van der Waals surface area contributed by atoms with Crippen molar-refractivity contribution in [3.8, 4) is 0 Å². The van der Waals surface area contributed by atoms with Crippen molar-refractivity contribution in [1.29, 1.82) is 0 Å². The highest BCUT2D eigenvalue weighted by Gasteiger charge is 2.33. The third-order valence-electron chi connectivity index (χ3n) is 6.46. The fourth-order valence-electron chi connectivity index (χ4n) is 4.79. The van der Waals surface area contributed by atoms with Crippen LogP contribution in [0.25, 0.3) is 11.0 Å². The van der Waals surface area contributed by atoms with Gasteiger partial charge in [-0.2, -0.15) is 0 Å². The molecule has 1 fully saturated rings. The van der Waals surface area contributed by atoms with E-state index in [4.69, 9.17) is 0 Å². The van der Waals surface area contributed by atoms with Gasteiger partial charge in [-0.1, -0.05) is 69.7 Å². The van der Waals surface area contributed by atoms with Crippen LogP contribution in [0.4, 0.5) is 0 Å². The molecule has 1 aliphatic carbocycles. The third kappa shape index (κ3) is 3.78. The van der Waals surface area contributed by atoms with E-state index in [9.17, 15) is 10.0 Å². The van der Waals surface area contributed by atoms with Gasteiger partial charge in [0.25, 0.3) is 0 Å². The first kappa shape index (κ1) is 19.6. The number of aromatic nitrogens is 3. The minimum atomic E-state index is -0.397. The molecule has 5 heteroatoms. The van der Waals surface area contributed by atoms with Crippen LogP contribution in [0.2, 0.25) is 0 Å². The fourth-order valence-corrected chi connectivity index (χ4v) is 4.79. The first-order valence-electron chi connectivity index (χ1n) is 10.9. The van der Waals surface area contributed by atoms with Crippen molar-refractivity contribution in [3.05, 3.63) is 64.9 Å². The summed E-state index contributed by atoms with van der Waals surface area (Å²) in [5, 5.41) is 16.6. The molecule has 152 valence electrons. The maximum absolute atomic E-state index is 12.9. The van der Waals surface area contributed by atoms with Crippen LogP contribution in [0, 0.1) is 5.21 Å². The van der Waals surface area contributed by atoms with Gasteiger partial charge in [0.05, 0.1) is 5.10 Å². The summed E-state index contributed by atoms with van der Waals surface area (Å²) >= 11 is 0. The molecule has 0 N–H and O–H groups in total. The number of hydrogen-bond donors (Lipinski definition) is 0. The summed E-state index contributed by atoms with van der Waals surface area (Å²) in [7, 11) is 0. The Hall–Kier alpha value is -2.69. The van der Waals surface area contributed by atoms with Gasteiger partial charge < -0.3 is 5.21 Å². The van der Waals surface area contributed by atoms with Gasteiger partial charge in [-0.15, -0.1) is 4.85 Å². The van der Waals surface area contributed by atoms with Crippen molar-refractivity contribution >= 4 is 16.9 Å². The zero-order valence-corrected chi connectivity index (χ0v) is 17.1. The molecular weight excluding hydrogens is 362 g/mol. The Morgan fingerprint density at radius 3 is 2.48 bits per heavy atom. The number of unbranched alkanes of at least 4 members (excludes halogenated alkanes) is 2. The molecule has 29 heavy (non-hydrogen) atoms. The van der Waals surface area contributed by atoms with E-state index in [0.29, 0.717) is 21.4 Å². The van der Waals surface area contributed by atoms with Gasteiger partial charge in [-0.3, -0.25) is 4.79 Å². The number of hydrogen-bond acceptors (Lipinski definition) is 3. The summed E-state index contributed by atoms with van der Waals surface area (Å²) in [6.07, 6.45) is 11.3. The van der Waals surface area contributed by atoms with Crippen LogP contribution in [-0.2, 0) is 5.41 Å². The molecule has 2 aromatic carbocycles. The van der Waals surface area contributed by atoms with E-state index in [2.05, 4.69) is 24.2 Å². The van der Waals surface area contributed by atoms with E-state index in [1.165, 1.54) is 63.4 Å². The first-order chi connectivity index (χ1) is 14.1. The Morgan fingerprint density at radius 2 is 1.79 bits per heavy atom. The Morgan fingerprint density at radius 1 is 1.07 bits per heavy atom. The average Bonchev–Trinajstić information content (AvgIpc) is 3.11. The van der Waals surface area contributed by atoms with Gasteiger partial charge >= 0.3 is 5.91 Å². The predicted molar refractivity (Wildman–Crippen MR) is 114 cm³/mol. The van der Waals surface area contributed by atoms with E-state index in [0.717, 1.165) is 4.80 Å². The number of nitrogens with zero attached hydrogens (tertiary/aromatic N) is 3. The summed E-state index contributed by atoms with van der Waals surface area (Å²) in [5.74, 6) is -0.397. The van der Waals surface area contributed by atoms with Crippen LogP contribution >= 0.6 is 0 Å². The lowest BCUT2D eigenvalue weighted by Crippen LogP contribution is -2.42. The van der Waals surface area contributed by atoms with E-state index >= 15 is 0 Å². The number of rotatable bonds is 6. The number of benzene rings is 2. The smallest absolute Gasteiger partial charge is 0.337 e.